The second kappa shape index (κ2) is 8.48. The largest absolute Gasteiger partial charge is 0.468 e. The number of aryl methyl sites for hydroxylation is 2. The zero-order chi connectivity index (χ0) is 19.4. The van der Waals surface area contributed by atoms with Gasteiger partial charge in [0.15, 0.2) is 5.65 Å². The van der Waals surface area contributed by atoms with Crippen molar-refractivity contribution in [3.63, 3.8) is 0 Å². The van der Waals surface area contributed by atoms with Crippen molar-refractivity contribution in [1.82, 2.24) is 19.1 Å². The van der Waals surface area contributed by atoms with Gasteiger partial charge in [0.05, 0.1) is 7.11 Å². The molecule has 0 fully saturated rings. The van der Waals surface area contributed by atoms with Crippen LogP contribution in [0.15, 0.2) is 14.6 Å². The summed E-state index contributed by atoms with van der Waals surface area (Å²) in [7, 11) is 4.33. The van der Waals surface area contributed by atoms with E-state index in [1.807, 2.05) is 6.92 Å². The molecule has 0 radical (unpaired) electrons. The third kappa shape index (κ3) is 3.82. The number of carbonyl (C=O) groups is 1. The van der Waals surface area contributed by atoms with Gasteiger partial charge < -0.3 is 4.74 Å². The fourth-order valence-electron chi connectivity index (χ4n) is 2.57. The lowest BCUT2D eigenvalue weighted by Crippen LogP contribution is -2.38. The normalized spacial score (nSPS) is 12.3. The monoisotopic (exact) mass is 380 g/mol. The molecule has 0 unspecified atom stereocenters. The molecule has 2 aromatic heterocycles. The van der Waals surface area contributed by atoms with Crippen LogP contribution in [0.1, 0.15) is 38.9 Å². The Kier molecular flexibility index (Phi) is 6.57. The van der Waals surface area contributed by atoms with E-state index in [0.717, 1.165) is 17.4 Å². The van der Waals surface area contributed by atoms with E-state index in [1.165, 1.54) is 30.5 Å². The number of ether oxygens (including phenoxy) is 1. The number of aromatic nitrogens is 4. The Hall–Kier alpha value is -2.16. The number of methoxy groups -OCH3 is 1. The van der Waals surface area contributed by atoms with E-state index in [2.05, 4.69) is 16.9 Å². The van der Waals surface area contributed by atoms with E-state index in [-0.39, 0.29) is 11.4 Å². The van der Waals surface area contributed by atoms with Crippen molar-refractivity contribution in [2.75, 3.05) is 7.11 Å². The lowest BCUT2D eigenvalue weighted by molar-refractivity contribution is -0.140. The number of nitrogens with zero attached hydrogens (tertiary/aromatic N) is 4. The molecule has 0 saturated carbocycles. The highest BCUT2D eigenvalue weighted by Crippen LogP contribution is 2.29. The fraction of sp³-hybridized carbons (Fsp3) is 0.588. The Labute approximate surface area is 155 Å². The first kappa shape index (κ1) is 20.2. The highest BCUT2D eigenvalue weighted by Gasteiger charge is 2.24. The molecule has 0 aliphatic heterocycles. The van der Waals surface area contributed by atoms with Crippen LogP contribution in [0.5, 0.6) is 0 Å². The standard InChI is InChI=1S/C17H24N4O4S/c1-6-8-9-11-18-13-12(15(22)21(4)17(24)20(13)3)14(19-11)26-10(7-2)16(23)25-5/h10H,6-9H2,1-5H3/t10-/m1/s1. The van der Waals surface area contributed by atoms with Crippen LogP contribution in [-0.2, 0) is 30.0 Å². The van der Waals surface area contributed by atoms with Gasteiger partial charge in [-0.2, -0.15) is 0 Å². The van der Waals surface area contributed by atoms with Crippen molar-refractivity contribution in [2.24, 2.45) is 14.1 Å². The van der Waals surface area contributed by atoms with E-state index in [0.29, 0.717) is 29.3 Å². The highest BCUT2D eigenvalue weighted by molar-refractivity contribution is 8.00. The van der Waals surface area contributed by atoms with Gasteiger partial charge in [0.1, 0.15) is 21.5 Å². The topological polar surface area (TPSA) is 96.1 Å². The molecule has 2 heterocycles. The number of hydrogen-bond donors (Lipinski definition) is 0. The van der Waals surface area contributed by atoms with E-state index in [1.54, 1.807) is 7.05 Å². The first-order valence-corrected chi connectivity index (χ1v) is 9.44. The molecule has 142 valence electrons. The third-order valence-corrected chi connectivity index (χ3v) is 5.48. The van der Waals surface area contributed by atoms with Crippen LogP contribution in [0.2, 0.25) is 0 Å². The molecule has 0 aliphatic carbocycles. The summed E-state index contributed by atoms with van der Waals surface area (Å²) >= 11 is 1.18. The average molecular weight is 380 g/mol. The van der Waals surface area contributed by atoms with Crippen molar-refractivity contribution in [3.8, 4) is 0 Å². The van der Waals surface area contributed by atoms with E-state index >= 15 is 0 Å². The Morgan fingerprint density at radius 2 is 1.88 bits per heavy atom. The Morgan fingerprint density at radius 3 is 2.46 bits per heavy atom. The lowest BCUT2D eigenvalue weighted by Gasteiger charge is -2.15. The predicted molar refractivity (Wildman–Crippen MR) is 101 cm³/mol. The second-order valence-corrected chi connectivity index (χ2v) is 7.18. The van der Waals surface area contributed by atoms with Gasteiger partial charge in [-0.3, -0.25) is 18.7 Å². The number of unbranched alkanes of at least 4 members (excludes halogenated alkanes) is 1. The molecule has 8 nitrogen and oxygen atoms in total. The van der Waals surface area contributed by atoms with Crippen LogP contribution in [-0.4, -0.2) is 37.4 Å². The van der Waals surface area contributed by atoms with Crippen molar-refractivity contribution >= 4 is 28.8 Å². The number of esters is 1. The number of thioether (sulfide) groups is 1. The van der Waals surface area contributed by atoms with Crippen molar-refractivity contribution in [3.05, 3.63) is 26.7 Å². The summed E-state index contributed by atoms with van der Waals surface area (Å²) in [5.74, 6) is 0.186. The van der Waals surface area contributed by atoms with E-state index < -0.39 is 16.5 Å². The minimum absolute atomic E-state index is 0.252. The van der Waals surface area contributed by atoms with Crippen molar-refractivity contribution < 1.29 is 9.53 Å². The van der Waals surface area contributed by atoms with Crippen LogP contribution in [0.4, 0.5) is 0 Å². The number of hydrogen-bond acceptors (Lipinski definition) is 7. The van der Waals surface area contributed by atoms with Gasteiger partial charge in [0.25, 0.3) is 5.56 Å². The molecule has 0 aliphatic rings. The summed E-state index contributed by atoms with van der Waals surface area (Å²) in [6.45, 7) is 3.93. The molecule has 0 saturated heterocycles. The summed E-state index contributed by atoms with van der Waals surface area (Å²) in [4.78, 5) is 45.9. The minimum atomic E-state index is -0.487. The van der Waals surface area contributed by atoms with Gasteiger partial charge >= 0.3 is 11.7 Å². The molecule has 0 bridgehead atoms. The van der Waals surface area contributed by atoms with Crippen molar-refractivity contribution in [2.45, 2.75) is 49.8 Å². The van der Waals surface area contributed by atoms with Gasteiger partial charge in [-0.15, -0.1) is 0 Å². The van der Waals surface area contributed by atoms with Gasteiger partial charge in [0, 0.05) is 20.5 Å². The molecule has 0 N–H and O–H groups in total. The zero-order valence-corrected chi connectivity index (χ0v) is 16.6. The van der Waals surface area contributed by atoms with Crippen LogP contribution >= 0.6 is 11.8 Å². The maximum atomic E-state index is 12.7. The average Bonchev–Trinajstić information content (AvgIpc) is 2.65. The van der Waals surface area contributed by atoms with E-state index in [9.17, 15) is 14.4 Å². The van der Waals surface area contributed by atoms with E-state index in [4.69, 9.17) is 4.74 Å². The van der Waals surface area contributed by atoms with Crippen LogP contribution < -0.4 is 11.2 Å². The Balaban J connectivity index is 2.74. The number of rotatable bonds is 7. The highest BCUT2D eigenvalue weighted by atomic mass is 32.2. The van der Waals surface area contributed by atoms with Crippen LogP contribution in [0.25, 0.3) is 11.0 Å². The molecule has 9 heteroatoms. The van der Waals surface area contributed by atoms with Gasteiger partial charge in [0.2, 0.25) is 0 Å². The second-order valence-electron chi connectivity index (χ2n) is 5.99. The Bertz CT molecular complexity index is 935. The predicted octanol–water partition coefficient (Wildman–Crippen LogP) is 1.41. The minimum Gasteiger partial charge on any atom is -0.468 e. The first-order chi connectivity index (χ1) is 12.3. The quantitative estimate of drug-likeness (QED) is 0.407. The van der Waals surface area contributed by atoms with Gasteiger partial charge in [-0.1, -0.05) is 32.0 Å². The van der Waals surface area contributed by atoms with Crippen LogP contribution in [0, 0.1) is 0 Å². The van der Waals surface area contributed by atoms with Crippen molar-refractivity contribution in [1.29, 1.82) is 0 Å². The SMILES string of the molecule is CCCCc1nc(S[C@H](CC)C(=O)OC)c2c(=O)n(C)c(=O)n(C)c2n1. The molecule has 1 atom stereocenters. The fourth-order valence-corrected chi connectivity index (χ4v) is 3.65. The lowest BCUT2D eigenvalue weighted by atomic mass is 10.2. The molecule has 2 rings (SSSR count). The molecular weight excluding hydrogens is 356 g/mol. The molecule has 26 heavy (non-hydrogen) atoms. The van der Waals surface area contributed by atoms with Crippen LogP contribution in [0.3, 0.4) is 0 Å². The number of fused-ring (bicyclic) bond motifs is 1. The molecule has 0 aromatic carbocycles. The number of carbonyl (C=O) groups excluding carboxylic acids is 1. The molecule has 0 amide bonds. The maximum Gasteiger partial charge on any atom is 0.332 e. The smallest absolute Gasteiger partial charge is 0.332 e. The first-order valence-electron chi connectivity index (χ1n) is 8.56. The third-order valence-electron chi connectivity index (χ3n) is 4.16. The Morgan fingerprint density at radius 1 is 1.19 bits per heavy atom. The summed E-state index contributed by atoms with van der Waals surface area (Å²) in [6, 6.07) is 0. The zero-order valence-electron chi connectivity index (χ0n) is 15.7. The summed E-state index contributed by atoms with van der Waals surface area (Å²) < 4.78 is 7.21. The molecule has 0 spiro atoms. The van der Waals surface area contributed by atoms with Gasteiger partial charge in [-0.05, 0) is 12.8 Å². The maximum absolute atomic E-state index is 12.7. The summed E-state index contributed by atoms with van der Waals surface area (Å²) in [6.07, 6.45) is 3.03. The molecule has 2 aromatic rings. The summed E-state index contributed by atoms with van der Waals surface area (Å²) in [5.41, 5.74) is -0.618. The van der Waals surface area contributed by atoms with Gasteiger partial charge in [-0.25, -0.2) is 14.8 Å². The molecular formula is C17H24N4O4S. The summed E-state index contributed by atoms with van der Waals surface area (Å²) in [5, 5.41) is 0.177.